The van der Waals surface area contributed by atoms with Crippen molar-refractivity contribution in [2.24, 2.45) is 0 Å². The van der Waals surface area contributed by atoms with Crippen molar-refractivity contribution in [2.45, 2.75) is 26.0 Å². The van der Waals surface area contributed by atoms with E-state index >= 15 is 0 Å². The summed E-state index contributed by atoms with van der Waals surface area (Å²) in [6.45, 7) is 8.65. The number of rotatable bonds is 4. The van der Waals surface area contributed by atoms with E-state index in [2.05, 4.69) is 26.9 Å². The number of ether oxygens (including phenoxy) is 2. The second kappa shape index (κ2) is 6.78. The number of anilines is 1. The molecular weight excluding hydrogens is 330 g/mol. The Morgan fingerprint density at radius 2 is 1.81 bits per heavy atom. The summed E-state index contributed by atoms with van der Waals surface area (Å²) < 4.78 is 10.8. The molecule has 1 aromatic carbocycles. The van der Waals surface area contributed by atoms with E-state index in [1.54, 1.807) is 20.0 Å². The first kappa shape index (κ1) is 17.1. The van der Waals surface area contributed by atoms with Crippen molar-refractivity contribution in [3.63, 3.8) is 0 Å². The van der Waals surface area contributed by atoms with Crippen LogP contribution >= 0.6 is 0 Å². The molecule has 0 bridgehead atoms. The Morgan fingerprint density at radius 3 is 2.50 bits per heavy atom. The second-order valence-electron chi connectivity index (χ2n) is 7.41. The molecule has 2 aromatic rings. The summed E-state index contributed by atoms with van der Waals surface area (Å²) in [6, 6.07) is 10.1. The second-order valence-corrected chi connectivity index (χ2v) is 7.41. The van der Waals surface area contributed by atoms with Gasteiger partial charge in [0.2, 0.25) is 6.79 Å². The first-order valence-electron chi connectivity index (χ1n) is 9.04. The Bertz CT molecular complexity index is 763. The fraction of sp³-hybridized carbons (Fsp3) is 0.450. The normalized spacial score (nSPS) is 17.6. The minimum Gasteiger partial charge on any atom is -0.454 e. The summed E-state index contributed by atoms with van der Waals surface area (Å²) in [6.07, 6.45) is 1.77. The molecule has 1 fully saturated rings. The predicted octanol–water partition coefficient (Wildman–Crippen LogP) is 2.36. The van der Waals surface area contributed by atoms with Crippen LogP contribution in [0.25, 0.3) is 0 Å². The molecule has 0 radical (unpaired) electrons. The van der Waals surface area contributed by atoms with E-state index in [0.717, 1.165) is 55.6 Å². The molecule has 2 aliphatic heterocycles. The van der Waals surface area contributed by atoms with Crippen LogP contribution in [0.4, 0.5) is 5.82 Å². The molecule has 2 aliphatic rings. The molecule has 26 heavy (non-hydrogen) atoms. The summed E-state index contributed by atoms with van der Waals surface area (Å²) in [5, 5.41) is 10.0. The summed E-state index contributed by atoms with van der Waals surface area (Å²) >= 11 is 0. The Hall–Kier alpha value is -2.31. The summed E-state index contributed by atoms with van der Waals surface area (Å²) in [5.74, 6) is 2.65. The van der Waals surface area contributed by atoms with Crippen LogP contribution in [0, 0.1) is 0 Å². The molecule has 0 amide bonds. The zero-order valence-electron chi connectivity index (χ0n) is 15.3. The molecule has 6 heteroatoms. The molecule has 0 aliphatic carbocycles. The van der Waals surface area contributed by atoms with Gasteiger partial charge in [0.05, 0.1) is 5.60 Å². The van der Waals surface area contributed by atoms with Gasteiger partial charge < -0.3 is 19.5 Å². The Balaban J connectivity index is 1.34. The highest BCUT2D eigenvalue weighted by atomic mass is 16.7. The topological polar surface area (TPSA) is 58.1 Å². The van der Waals surface area contributed by atoms with Crippen LogP contribution in [0.5, 0.6) is 11.5 Å². The number of aliphatic hydroxyl groups is 1. The van der Waals surface area contributed by atoms with E-state index < -0.39 is 5.60 Å². The van der Waals surface area contributed by atoms with Crippen molar-refractivity contribution in [1.82, 2.24) is 9.88 Å². The maximum atomic E-state index is 10.0. The minimum atomic E-state index is -0.852. The molecule has 1 N–H and O–H groups in total. The molecule has 0 saturated carbocycles. The third-order valence-electron chi connectivity index (χ3n) is 4.99. The van der Waals surface area contributed by atoms with Gasteiger partial charge in [-0.1, -0.05) is 12.1 Å². The van der Waals surface area contributed by atoms with Gasteiger partial charge in [-0.2, -0.15) is 0 Å². The number of hydrogen-bond acceptors (Lipinski definition) is 6. The fourth-order valence-corrected chi connectivity index (χ4v) is 3.37. The first-order chi connectivity index (χ1) is 12.5. The van der Waals surface area contributed by atoms with Gasteiger partial charge in [0.15, 0.2) is 11.5 Å². The predicted molar refractivity (Wildman–Crippen MR) is 99.5 cm³/mol. The number of benzene rings is 1. The number of piperazine rings is 1. The van der Waals surface area contributed by atoms with Crippen molar-refractivity contribution in [1.29, 1.82) is 0 Å². The smallest absolute Gasteiger partial charge is 0.231 e. The quantitative estimate of drug-likeness (QED) is 0.909. The summed E-state index contributed by atoms with van der Waals surface area (Å²) in [5.41, 5.74) is 1.23. The largest absolute Gasteiger partial charge is 0.454 e. The SMILES string of the molecule is CC(C)(O)c1ccc(N2CCN(Cc3ccc4c(c3)OCO4)CC2)nc1. The Kier molecular flexibility index (Phi) is 4.46. The lowest BCUT2D eigenvalue weighted by molar-refractivity contribution is 0.0782. The van der Waals surface area contributed by atoms with Crippen LogP contribution in [0.15, 0.2) is 36.5 Å². The third kappa shape index (κ3) is 3.61. The average molecular weight is 355 g/mol. The van der Waals surface area contributed by atoms with Gasteiger partial charge >= 0.3 is 0 Å². The van der Waals surface area contributed by atoms with E-state index in [1.807, 2.05) is 18.2 Å². The molecule has 4 rings (SSSR count). The highest BCUT2D eigenvalue weighted by molar-refractivity contribution is 5.44. The van der Waals surface area contributed by atoms with Crippen LogP contribution in [0.3, 0.4) is 0 Å². The first-order valence-corrected chi connectivity index (χ1v) is 9.04. The van der Waals surface area contributed by atoms with Gasteiger partial charge in [0.25, 0.3) is 0 Å². The molecule has 0 unspecified atom stereocenters. The molecule has 3 heterocycles. The lowest BCUT2D eigenvalue weighted by Gasteiger charge is -2.35. The van der Waals surface area contributed by atoms with E-state index in [-0.39, 0.29) is 0 Å². The lowest BCUT2D eigenvalue weighted by atomic mass is 10.0. The van der Waals surface area contributed by atoms with Crippen molar-refractivity contribution in [3.8, 4) is 11.5 Å². The van der Waals surface area contributed by atoms with E-state index in [4.69, 9.17) is 9.47 Å². The maximum Gasteiger partial charge on any atom is 0.231 e. The number of aromatic nitrogens is 1. The van der Waals surface area contributed by atoms with E-state index in [1.165, 1.54) is 5.56 Å². The van der Waals surface area contributed by atoms with Crippen molar-refractivity contribution in [2.75, 3.05) is 37.9 Å². The van der Waals surface area contributed by atoms with Crippen LogP contribution in [-0.4, -0.2) is 48.0 Å². The molecule has 0 atom stereocenters. The van der Waals surface area contributed by atoms with Gasteiger partial charge in [-0.25, -0.2) is 4.98 Å². The zero-order valence-corrected chi connectivity index (χ0v) is 15.3. The number of fused-ring (bicyclic) bond motifs is 1. The van der Waals surface area contributed by atoms with Gasteiger partial charge in [0.1, 0.15) is 5.82 Å². The Labute approximate surface area is 154 Å². The van der Waals surface area contributed by atoms with Crippen molar-refractivity contribution in [3.05, 3.63) is 47.7 Å². The minimum absolute atomic E-state index is 0.316. The maximum absolute atomic E-state index is 10.0. The summed E-state index contributed by atoms with van der Waals surface area (Å²) in [4.78, 5) is 9.27. The fourth-order valence-electron chi connectivity index (χ4n) is 3.37. The van der Waals surface area contributed by atoms with E-state index in [0.29, 0.717) is 6.79 Å². The van der Waals surface area contributed by atoms with Gasteiger partial charge in [-0.3, -0.25) is 4.90 Å². The monoisotopic (exact) mass is 355 g/mol. The van der Waals surface area contributed by atoms with Gasteiger partial charge in [-0.05, 0) is 37.6 Å². The van der Waals surface area contributed by atoms with Crippen molar-refractivity contribution < 1.29 is 14.6 Å². The van der Waals surface area contributed by atoms with Crippen molar-refractivity contribution >= 4 is 5.82 Å². The van der Waals surface area contributed by atoms with E-state index in [9.17, 15) is 5.11 Å². The lowest BCUT2D eigenvalue weighted by Crippen LogP contribution is -2.46. The number of pyridine rings is 1. The molecule has 138 valence electrons. The summed E-state index contributed by atoms with van der Waals surface area (Å²) in [7, 11) is 0. The highest BCUT2D eigenvalue weighted by Gasteiger charge is 2.21. The van der Waals surface area contributed by atoms with Crippen LogP contribution in [0.2, 0.25) is 0 Å². The number of hydrogen-bond donors (Lipinski definition) is 1. The number of nitrogens with zero attached hydrogens (tertiary/aromatic N) is 3. The Morgan fingerprint density at radius 1 is 1.04 bits per heavy atom. The van der Waals surface area contributed by atoms with Gasteiger partial charge in [-0.15, -0.1) is 0 Å². The van der Waals surface area contributed by atoms with Crippen LogP contribution in [0.1, 0.15) is 25.0 Å². The average Bonchev–Trinajstić information content (AvgIpc) is 3.10. The standard InChI is InChI=1S/C20H25N3O3/c1-20(2,24)16-4-6-19(21-12-16)23-9-7-22(8-10-23)13-15-3-5-17-18(11-15)26-14-25-17/h3-6,11-12,24H,7-10,13-14H2,1-2H3. The third-order valence-corrected chi connectivity index (χ3v) is 4.99. The highest BCUT2D eigenvalue weighted by Crippen LogP contribution is 2.33. The van der Waals surface area contributed by atoms with Gasteiger partial charge in [0, 0.05) is 44.5 Å². The van der Waals surface area contributed by atoms with Crippen LogP contribution in [-0.2, 0) is 12.1 Å². The molecular formula is C20H25N3O3. The molecule has 1 saturated heterocycles. The zero-order chi connectivity index (χ0) is 18.1. The molecule has 1 aromatic heterocycles. The molecule has 0 spiro atoms. The van der Waals surface area contributed by atoms with Crippen LogP contribution < -0.4 is 14.4 Å². The molecule has 6 nitrogen and oxygen atoms in total.